The van der Waals surface area contributed by atoms with Gasteiger partial charge < -0.3 is 5.73 Å². The first-order chi connectivity index (χ1) is 10.6. The third-order valence-corrected chi connectivity index (χ3v) is 5.57. The second kappa shape index (κ2) is 6.02. The number of primary amides is 1. The van der Waals surface area contributed by atoms with Crippen LogP contribution in [0.15, 0.2) is 28.6 Å². The van der Waals surface area contributed by atoms with E-state index in [9.17, 15) is 9.59 Å². The van der Waals surface area contributed by atoms with E-state index in [1.54, 1.807) is 22.7 Å². The van der Waals surface area contributed by atoms with Crippen molar-refractivity contribution >= 4 is 38.8 Å². The van der Waals surface area contributed by atoms with Gasteiger partial charge in [-0.05, 0) is 17.9 Å². The molecule has 2 N–H and O–H groups in total. The molecule has 0 saturated heterocycles. The number of nitrogens with zero attached hydrogens (tertiary/aromatic N) is 2. The quantitative estimate of drug-likeness (QED) is 0.779. The highest BCUT2D eigenvalue weighted by Crippen LogP contribution is 2.38. The number of fused-ring (bicyclic) bond motifs is 1. The maximum atomic E-state index is 12.8. The minimum absolute atomic E-state index is 0.106. The van der Waals surface area contributed by atoms with Gasteiger partial charge in [-0.2, -0.15) is 0 Å². The van der Waals surface area contributed by atoms with E-state index in [2.05, 4.69) is 11.9 Å². The van der Waals surface area contributed by atoms with Gasteiger partial charge in [-0.25, -0.2) is 4.98 Å². The fourth-order valence-electron chi connectivity index (χ4n) is 2.39. The first kappa shape index (κ1) is 14.9. The van der Waals surface area contributed by atoms with Crippen molar-refractivity contribution < 1.29 is 4.79 Å². The molecule has 3 aromatic rings. The lowest BCUT2D eigenvalue weighted by Gasteiger charge is -2.04. The van der Waals surface area contributed by atoms with Crippen LogP contribution in [0.5, 0.6) is 0 Å². The summed E-state index contributed by atoms with van der Waals surface area (Å²) in [6.45, 7) is 2.34. The van der Waals surface area contributed by atoms with Gasteiger partial charge in [0.25, 0.3) is 5.56 Å². The van der Waals surface area contributed by atoms with Crippen LogP contribution in [0.25, 0.3) is 20.7 Å². The lowest BCUT2D eigenvalue weighted by atomic mass is 10.1. The van der Waals surface area contributed by atoms with Gasteiger partial charge in [-0.1, -0.05) is 13.0 Å². The Labute approximate surface area is 135 Å². The zero-order valence-electron chi connectivity index (χ0n) is 12.0. The van der Waals surface area contributed by atoms with Crippen molar-refractivity contribution in [2.75, 3.05) is 0 Å². The summed E-state index contributed by atoms with van der Waals surface area (Å²) in [5.74, 6) is -0.426. The molecule has 3 heterocycles. The third kappa shape index (κ3) is 2.57. The van der Waals surface area contributed by atoms with Crippen molar-refractivity contribution in [1.82, 2.24) is 9.55 Å². The Morgan fingerprint density at radius 3 is 2.91 bits per heavy atom. The minimum Gasteiger partial charge on any atom is -0.370 e. The predicted octanol–water partition coefficient (Wildman–Crippen LogP) is 2.62. The summed E-state index contributed by atoms with van der Waals surface area (Å²) in [5, 5.41) is 2.65. The summed E-state index contributed by atoms with van der Waals surface area (Å²) in [6.07, 6.45) is 2.49. The molecule has 0 unspecified atom stereocenters. The highest BCUT2D eigenvalue weighted by Gasteiger charge is 2.18. The fraction of sp³-hybridized carbons (Fsp3) is 0.267. The highest BCUT2D eigenvalue weighted by molar-refractivity contribution is 7.20. The molecule has 3 rings (SSSR count). The van der Waals surface area contributed by atoms with Crippen LogP contribution >= 0.6 is 22.7 Å². The number of nitrogens with two attached hydrogens (primary N) is 1. The molecular weight excluding hydrogens is 318 g/mol. The molecule has 1 amide bonds. The Hall–Kier alpha value is -1.99. The van der Waals surface area contributed by atoms with E-state index in [0.717, 1.165) is 26.6 Å². The summed E-state index contributed by atoms with van der Waals surface area (Å²) < 4.78 is 1.47. The van der Waals surface area contributed by atoms with E-state index in [1.165, 1.54) is 10.9 Å². The molecule has 0 atom stereocenters. The van der Waals surface area contributed by atoms with Crippen LogP contribution in [0, 0.1) is 0 Å². The van der Waals surface area contributed by atoms with Crippen LogP contribution in [0.4, 0.5) is 0 Å². The average molecular weight is 333 g/mol. The highest BCUT2D eigenvalue weighted by atomic mass is 32.1. The number of thiophene rings is 2. The average Bonchev–Trinajstić information content (AvgIpc) is 3.13. The molecule has 114 valence electrons. The first-order valence-corrected chi connectivity index (χ1v) is 8.64. The zero-order valence-corrected chi connectivity index (χ0v) is 13.7. The number of amides is 1. The summed E-state index contributed by atoms with van der Waals surface area (Å²) in [7, 11) is 0. The van der Waals surface area contributed by atoms with Crippen molar-refractivity contribution in [3.05, 3.63) is 39.1 Å². The zero-order chi connectivity index (χ0) is 15.7. The van der Waals surface area contributed by atoms with Crippen LogP contribution in [0.2, 0.25) is 0 Å². The van der Waals surface area contributed by atoms with Crippen molar-refractivity contribution in [3.8, 4) is 10.4 Å². The molecule has 0 aliphatic heterocycles. The number of carbonyl (C=O) groups is 1. The van der Waals surface area contributed by atoms with Crippen LogP contribution in [-0.2, 0) is 17.8 Å². The van der Waals surface area contributed by atoms with Crippen LogP contribution in [-0.4, -0.2) is 15.5 Å². The number of hydrogen-bond acceptors (Lipinski definition) is 5. The van der Waals surface area contributed by atoms with Crippen molar-refractivity contribution in [2.45, 2.75) is 26.3 Å². The molecule has 0 aliphatic carbocycles. The molecule has 0 aliphatic rings. The monoisotopic (exact) mass is 333 g/mol. The van der Waals surface area contributed by atoms with Crippen molar-refractivity contribution in [3.63, 3.8) is 0 Å². The van der Waals surface area contributed by atoms with Gasteiger partial charge in [0.15, 0.2) is 0 Å². The van der Waals surface area contributed by atoms with Gasteiger partial charge in [0.05, 0.1) is 11.7 Å². The van der Waals surface area contributed by atoms with Gasteiger partial charge in [-0.3, -0.25) is 14.2 Å². The molecule has 5 nitrogen and oxygen atoms in total. The van der Waals surface area contributed by atoms with Gasteiger partial charge >= 0.3 is 0 Å². The molecule has 3 aromatic heterocycles. The smallest absolute Gasteiger partial charge is 0.262 e. The Morgan fingerprint density at radius 2 is 2.27 bits per heavy atom. The van der Waals surface area contributed by atoms with Crippen LogP contribution in [0.1, 0.15) is 18.2 Å². The molecule has 22 heavy (non-hydrogen) atoms. The topological polar surface area (TPSA) is 78.0 Å². The van der Waals surface area contributed by atoms with E-state index >= 15 is 0 Å². The third-order valence-electron chi connectivity index (χ3n) is 3.44. The molecular formula is C15H15N3O2S2. The molecule has 0 aromatic carbocycles. The number of carbonyl (C=O) groups excluding carboxylic acids is 1. The van der Waals surface area contributed by atoms with Crippen LogP contribution in [0.3, 0.4) is 0 Å². The largest absolute Gasteiger partial charge is 0.370 e. The maximum absolute atomic E-state index is 12.8. The van der Waals surface area contributed by atoms with E-state index in [-0.39, 0.29) is 18.5 Å². The fourth-order valence-corrected chi connectivity index (χ4v) is 4.34. The lowest BCUT2D eigenvalue weighted by molar-refractivity contribution is -0.118. The van der Waals surface area contributed by atoms with Gasteiger partial charge in [0.1, 0.15) is 4.83 Å². The number of aromatic nitrogens is 2. The van der Waals surface area contributed by atoms with E-state index in [1.807, 2.05) is 17.5 Å². The Bertz CT molecular complexity index is 878. The number of rotatable bonds is 5. The standard InChI is InChI=1S/C15H15N3O2S2/c1-2-9-12(10-4-3-7-21-10)13-14(22-9)17-8-18(15(13)20)6-5-11(16)19/h3-4,7-8H,2,5-6H2,1H3,(H2,16,19). The normalized spacial score (nSPS) is 11.1. The molecule has 0 radical (unpaired) electrons. The number of aryl methyl sites for hydroxylation is 2. The van der Waals surface area contributed by atoms with Crippen molar-refractivity contribution in [2.24, 2.45) is 5.73 Å². The molecule has 7 heteroatoms. The Kier molecular flexibility index (Phi) is 4.08. The Balaban J connectivity index is 2.22. The van der Waals surface area contributed by atoms with E-state index in [0.29, 0.717) is 5.39 Å². The predicted molar refractivity (Wildman–Crippen MR) is 90.4 cm³/mol. The second-order valence-corrected chi connectivity index (χ2v) is 6.90. The Morgan fingerprint density at radius 1 is 1.45 bits per heavy atom. The second-order valence-electron chi connectivity index (χ2n) is 4.87. The van der Waals surface area contributed by atoms with Gasteiger partial charge in [-0.15, -0.1) is 22.7 Å². The van der Waals surface area contributed by atoms with E-state index in [4.69, 9.17) is 5.73 Å². The van der Waals surface area contributed by atoms with E-state index < -0.39 is 5.91 Å². The number of hydrogen-bond donors (Lipinski definition) is 1. The summed E-state index contributed by atoms with van der Waals surface area (Å²) in [5.41, 5.74) is 6.05. The SMILES string of the molecule is CCc1sc2ncn(CCC(N)=O)c(=O)c2c1-c1cccs1. The van der Waals surface area contributed by atoms with Crippen molar-refractivity contribution in [1.29, 1.82) is 0 Å². The summed E-state index contributed by atoms with van der Waals surface area (Å²) in [4.78, 5) is 31.1. The molecule has 0 spiro atoms. The van der Waals surface area contributed by atoms with Gasteiger partial charge in [0.2, 0.25) is 5.91 Å². The van der Waals surface area contributed by atoms with Crippen LogP contribution < -0.4 is 11.3 Å². The molecule has 0 bridgehead atoms. The maximum Gasteiger partial charge on any atom is 0.262 e. The molecule has 0 fully saturated rings. The van der Waals surface area contributed by atoms with Gasteiger partial charge in [0, 0.05) is 28.3 Å². The lowest BCUT2D eigenvalue weighted by Crippen LogP contribution is -2.23. The summed E-state index contributed by atoms with van der Waals surface area (Å²) in [6, 6.07) is 4.00. The molecule has 0 saturated carbocycles. The summed E-state index contributed by atoms with van der Waals surface area (Å²) >= 11 is 3.17. The minimum atomic E-state index is -0.426. The first-order valence-electron chi connectivity index (χ1n) is 6.94.